The van der Waals surface area contributed by atoms with Crippen LogP contribution in [0.1, 0.15) is 30.0 Å². The maximum atomic E-state index is 10.6. The quantitative estimate of drug-likeness (QED) is 0.776. The van der Waals surface area contributed by atoms with Crippen molar-refractivity contribution < 1.29 is 14.9 Å². The molecule has 4 nitrogen and oxygen atoms in total. The molecule has 5 atom stereocenters. The third kappa shape index (κ3) is 1.45. The molecule has 1 aromatic carbocycles. The normalized spacial score (nSPS) is 40.0. The minimum absolute atomic E-state index is 0.170. The largest absolute Gasteiger partial charge is 0.504 e. The summed E-state index contributed by atoms with van der Waals surface area (Å²) in [5, 5.41) is 21.1. The molecule has 2 heterocycles. The van der Waals surface area contributed by atoms with Gasteiger partial charge in [-0.05, 0) is 50.0 Å². The van der Waals surface area contributed by atoms with E-state index in [1.165, 1.54) is 16.7 Å². The summed E-state index contributed by atoms with van der Waals surface area (Å²) in [4.78, 5) is 2.46. The van der Waals surface area contributed by atoms with Crippen molar-refractivity contribution in [3.63, 3.8) is 0 Å². The van der Waals surface area contributed by atoms with Gasteiger partial charge in [0.15, 0.2) is 11.5 Å². The fourth-order valence-corrected chi connectivity index (χ4v) is 5.71. The number of piperidine rings is 1. The molecule has 23 heavy (non-hydrogen) atoms. The Labute approximate surface area is 136 Å². The van der Waals surface area contributed by atoms with Gasteiger partial charge < -0.3 is 19.8 Å². The first kappa shape index (κ1) is 13.9. The van der Waals surface area contributed by atoms with Crippen LogP contribution in [0, 0.1) is 5.92 Å². The van der Waals surface area contributed by atoms with Gasteiger partial charge in [-0.25, -0.2) is 0 Å². The molecule has 0 saturated carbocycles. The fourth-order valence-electron chi connectivity index (χ4n) is 5.71. The van der Waals surface area contributed by atoms with Crippen LogP contribution in [0.4, 0.5) is 0 Å². The summed E-state index contributed by atoms with van der Waals surface area (Å²) < 4.78 is 6.19. The van der Waals surface area contributed by atoms with Crippen molar-refractivity contribution in [2.24, 2.45) is 5.92 Å². The molecular weight excluding hydrogens is 290 g/mol. The van der Waals surface area contributed by atoms with Crippen molar-refractivity contribution in [1.82, 2.24) is 4.90 Å². The lowest BCUT2D eigenvalue weighted by molar-refractivity contribution is -0.0454. The lowest BCUT2D eigenvalue weighted by Gasteiger charge is -2.56. The van der Waals surface area contributed by atoms with Crippen LogP contribution >= 0.6 is 0 Å². The van der Waals surface area contributed by atoms with Crippen molar-refractivity contribution in [3.05, 3.63) is 34.9 Å². The van der Waals surface area contributed by atoms with Gasteiger partial charge in [-0.2, -0.15) is 0 Å². The van der Waals surface area contributed by atoms with Gasteiger partial charge in [-0.15, -0.1) is 0 Å². The topological polar surface area (TPSA) is 52.9 Å². The molecule has 4 aliphatic rings. The monoisotopic (exact) mass is 313 g/mol. The number of aromatic hydroxyl groups is 1. The molecule has 1 aromatic rings. The molecule has 0 unspecified atom stereocenters. The van der Waals surface area contributed by atoms with Crippen molar-refractivity contribution in [2.75, 3.05) is 13.6 Å². The van der Waals surface area contributed by atoms with Gasteiger partial charge in [0.2, 0.25) is 0 Å². The second-order valence-corrected chi connectivity index (χ2v) is 7.57. The van der Waals surface area contributed by atoms with E-state index in [0.29, 0.717) is 17.7 Å². The van der Waals surface area contributed by atoms with Crippen LogP contribution < -0.4 is 4.74 Å². The van der Waals surface area contributed by atoms with E-state index in [4.69, 9.17) is 4.74 Å². The number of rotatable bonds is 1. The molecular formula is C19H23NO3. The summed E-state index contributed by atoms with van der Waals surface area (Å²) in [6.45, 7) is 3.15. The Morgan fingerprint density at radius 3 is 3.00 bits per heavy atom. The SMILES string of the molecule is CCc1cc(O)c2c3c1C[C@@H]1[C@@H]4C=C[C@H](O)[C@H](O2)[C@]34CCN1C. The summed E-state index contributed by atoms with van der Waals surface area (Å²) in [7, 11) is 2.21. The van der Waals surface area contributed by atoms with Crippen LogP contribution in [0.25, 0.3) is 0 Å². The lowest BCUT2D eigenvalue weighted by atomic mass is 9.53. The molecule has 1 spiro atoms. The third-order valence-electron chi connectivity index (χ3n) is 6.75. The van der Waals surface area contributed by atoms with Gasteiger partial charge in [0.25, 0.3) is 0 Å². The fraction of sp³-hybridized carbons (Fsp3) is 0.579. The van der Waals surface area contributed by atoms with Crippen LogP contribution in [0.3, 0.4) is 0 Å². The van der Waals surface area contributed by atoms with Gasteiger partial charge in [0.1, 0.15) is 12.2 Å². The van der Waals surface area contributed by atoms with Crippen LogP contribution in [-0.4, -0.2) is 47.0 Å². The zero-order chi connectivity index (χ0) is 15.9. The van der Waals surface area contributed by atoms with Crippen molar-refractivity contribution in [2.45, 2.75) is 49.9 Å². The number of phenols is 1. The highest BCUT2D eigenvalue weighted by molar-refractivity contribution is 5.64. The summed E-state index contributed by atoms with van der Waals surface area (Å²) in [6, 6.07) is 2.32. The van der Waals surface area contributed by atoms with Gasteiger partial charge in [0, 0.05) is 22.9 Å². The molecule has 2 N–H and O–H groups in total. The van der Waals surface area contributed by atoms with Crippen LogP contribution in [-0.2, 0) is 18.3 Å². The first-order valence-corrected chi connectivity index (χ1v) is 8.69. The Balaban J connectivity index is 1.85. The summed E-state index contributed by atoms with van der Waals surface area (Å²) in [6.07, 6.45) is 6.14. The zero-order valence-electron chi connectivity index (χ0n) is 13.6. The van der Waals surface area contributed by atoms with Gasteiger partial charge in [-0.1, -0.05) is 19.1 Å². The Morgan fingerprint density at radius 2 is 2.22 bits per heavy atom. The number of ether oxygens (including phenoxy) is 1. The van der Waals surface area contributed by atoms with E-state index >= 15 is 0 Å². The number of hydrogen-bond donors (Lipinski definition) is 2. The Bertz CT molecular complexity index is 728. The van der Waals surface area contributed by atoms with Crippen molar-refractivity contribution in [1.29, 1.82) is 0 Å². The van der Waals surface area contributed by atoms with Crippen LogP contribution in [0.5, 0.6) is 11.5 Å². The highest BCUT2D eigenvalue weighted by atomic mass is 16.5. The molecule has 0 radical (unpaired) electrons. The average Bonchev–Trinajstić information content (AvgIpc) is 2.89. The summed E-state index contributed by atoms with van der Waals surface area (Å²) in [5.74, 6) is 1.24. The number of aliphatic hydroxyl groups is 1. The maximum absolute atomic E-state index is 10.6. The van der Waals surface area contributed by atoms with Gasteiger partial charge in [-0.3, -0.25) is 0 Å². The summed E-state index contributed by atoms with van der Waals surface area (Å²) in [5.41, 5.74) is 3.62. The summed E-state index contributed by atoms with van der Waals surface area (Å²) >= 11 is 0. The first-order chi connectivity index (χ1) is 11.1. The maximum Gasteiger partial charge on any atom is 0.165 e. The van der Waals surface area contributed by atoms with E-state index in [1.54, 1.807) is 0 Å². The molecule has 2 aliphatic heterocycles. The molecule has 0 aromatic heterocycles. The number of likely N-dealkylation sites (N-methyl/N-ethyl adjacent to an activating group) is 1. The van der Waals surface area contributed by atoms with Gasteiger partial charge >= 0.3 is 0 Å². The molecule has 0 amide bonds. The number of benzene rings is 1. The molecule has 4 heteroatoms. The zero-order valence-corrected chi connectivity index (χ0v) is 13.6. The van der Waals surface area contributed by atoms with Crippen molar-refractivity contribution in [3.8, 4) is 11.5 Å². The molecule has 5 rings (SSSR count). The second kappa shape index (κ2) is 4.31. The number of likely N-dealkylation sites (tertiary alicyclic amines) is 1. The van der Waals surface area contributed by atoms with E-state index < -0.39 is 6.10 Å². The minimum Gasteiger partial charge on any atom is -0.504 e. The number of hydrogen-bond acceptors (Lipinski definition) is 4. The number of nitrogens with zero attached hydrogens (tertiary/aromatic N) is 1. The number of phenolic OH excluding ortho intramolecular Hbond substituents is 1. The third-order valence-corrected chi connectivity index (χ3v) is 6.75. The van der Waals surface area contributed by atoms with Crippen molar-refractivity contribution >= 4 is 0 Å². The Kier molecular flexibility index (Phi) is 2.60. The average molecular weight is 313 g/mol. The molecule has 1 saturated heterocycles. The Morgan fingerprint density at radius 1 is 1.39 bits per heavy atom. The van der Waals surface area contributed by atoms with E-state index in [-0.39, 0.29) is 17.3 Å². The van der Waals surface area contributed by atoms with Gasteiger partial charge in [0.05, 0.1) is 0 Å². The van der Waals surface area contributed by atoms with Crippen LogP contribution in [0.2, 0.25) is 0 Å². The second-order valence-electron chi connectivity index (χ2n) is 7.57. The Hall–Kier alpha value is -1.52. The van der Waals surface area contributed by atoms with E-state index in [1.807, 2.05) is 12.1 Å². The highest BCUT2D eigenvalue weighted by Gasteiger charge is 2.64. The van der Waals surface area contributed by atoms with E-state index in [9.17, 15) is 10.2 Å². The molecule has 1 fully saturated rings. The van der Waals surface area contributed by atoms with E-state index in [2.05, 4.69) is 24.9 Å². The number of aryl methyl sites for hydroxylation is 1. The number of aliphatic hydroxyl groups excluding tert-OH is 1. The molecule has 2 bridgehead atoms. The highest BCUT2D eigenvalue weighted by Crippen LogP contribution is 2.62. The predicted octanol–water partition coefficient (Wildman–Crippen LogP) is 1.76. The van der Waals surface area contributed by atoms with Crippen LogP contribution in [0.15, 0.2) is 18.2 Å². The lowest BCUT2D eigenvalue weighted by Crippen LogP contribution is -2.64. The predicted molar refractivity (Wildman–Crippen MR) is 87.0 cm³/mol. The van der Waals surface area contributed by atoms with E-state index in [0.717, 1.165) is 25.8 Å². The minimum atomic E-state index is -0.599. The smallest absolute Gasteiger partial charge is 0.165 e. The first-order valence-electron chi connectivity index (χ1n) is 8.69. The standard InChI is InChI=1S/C19H23NO3/c1-3-10-8-15(22)17-16-11(10)9-13-12-4-5-14(21)18(23-17)19(12,16)6-7-20(13)2/h4-5,8,12-14,18,21-22H,3,6-7,9H2,1-2H3/t12-,13+,14-,18-,19-/m0/s1. The molecule has 2 aliphatic carbocycles. The molecule has 122 valence electrons.